The highest BCUT2D eigenvalue weighted by molar-refractivity contribution is 7.89. The molecule has 2 aromatic rings. The Kier molecular flexibility index (Phi) is 8.93. The van der Waals surface area contributed by atoms with Crippen molar-refractivity contribution >= 4 is 27.5 Å². The number of amides is 1. The Morgan fingerprint density at radius 2 is 1.55 bits per heavy atom. The van der Waals surface area contributed by atoms with Gasteiger partial charge in [-0.2, -0.15) is 4.31 Å². The van der Waals surface area contributed by atoms with Crippen molar-refractivity contribution in [1.82, 2.24) is 9.62 Å². The maximum atomic E-state index is 13.3. The van der Waals surface area contributed by atoms with Gasteiger partial charge >= 0.3 is 0 Å². The Morgan fingerprint density at radius 1 is 0.935 bits per heavy atom. The van der Waals surface area contributed by atoms with Crippen LogP contribution in [-0.2, 0) is 21.2 Å². The summed E-state index contributed by atoms with van der Waals surface area (Å²) in [5.41, 5.74) is 1.03. The van der Waals surface area contributed by atoms with Gasteiger partial charge < -0.3 is 5.32 Å². The van der Waals surface area contributed by atoms with Crippen LogP contribution in [0.5, 0.6) is 0 Å². The quantitative estimate of drug-likeness (QED) is 0.612. The number of halogens is 1. The monoisotopic (exact) mass is 462 g/mol. The predicted molar refractivity (Wildman–Crippen MR) is 125 cm³/mol. The number of hydrogen-bond donors (Lipinski definition) is 1. The van der Waals surface area contributed by atoms with E-state index in [0.29, 0.717) is 11.4 Å². The number of hydrogen-bond acceptors (Lipinski definition) is 3. The van der Waals surface area contributed by atoms with E-state index in [0.717, 1.165) is 31.2 Å². The van der Waals surface area contributed by atoms with Gasteiger partial charge in [0.05, 0.1) is 11.4 Å². The fourth-order valence-electron chi connectivity index (χ4n) is 3.97. The topological polar surface area (TPSA) is 66.5 Å². The first-order valence-electron chi connectivity index (χ1n) is 11.0. The molecule has 1 N–H and O–H groups in total. The number of carbonyl (C=O) groups excluding carboxylic acids is 1. The summed E-state index contributed by atoms with van der Waals surface area (Å²) < 4.78 is 27.9. The second kappa shape index (κ2) is 11.7. The zero-order valence-corrected chi connectivity index (χ0v) is 19.4. The molecule has 1 aliphatic carbocycles. The average molecular weight is 463 g/mol. The van der Waals surface area contributed by atoms with Crippen molar-refractivity contribution in [3.8, 4) is 0 Å². The van der Waals surface area contributed by atoms with E-state index in [9.17, 15) is 13.2 Å². The summed E-state index contributed by atoms with van der Waals surface area (Å²) in [5, 5.41) is 3.55. The van der Waals surface area contributed by atoms with Gasteiger partial charge in [0.15, 0.2) is 0 Å². The average Bonchev–Trinajstić information content (AvgIpc) is 2.74. The lowest BCUT2D eigenvalue weighted by Gasteiger charge is -2.25. The predicted octanol–water partition coefficient (Wildman–Crippen LogP) is 4.80. The first-order valence-corrected chi connectivity index (χ1v) is 12.9. The Balaban J connectivity index is 1.72. The maximum Gasteiger partial charge on any atom is 0.243 e. The first-order chi connectivity index (χ1) is 14.9. The molecular weight excluding hydrogens is 432 g/mol. The summed E-state index contributed by atoms with van der Waals surface area (Å²) in [6, 6.07) is 15.9. The van der Waals surface area contributed by atoms with E-state index >= 15 is 0 Å². The number of nitrogens with zero attached hydrogens (tertiary/aromatic N) is 1. The van der Waals surface area contributed by atoms with Gasteiger partial charge in [-0.05, 0) is 49.1 Å². The molecular formula is C24H31ClN2O3S. The van der Waals surface area contributed by atoms with Crippen LogP contribution in [0.3, 0.4) is 0 Å². The fourth-order valence-corrected chi connectivity index (χ4v) is 5.50. The molecule has 1 aliphatic rings. The normalized spacial score (nSPS) is 15.9. The van der Waals surface area contributed by atoms with Crippen LogP contribution >= 0.6 is 11.6 Å². The molecule has 2 aromatic carbocycles. The third-order valence-electron chi connectivity index (χ3n) is 5.73. The molecule has 0 unspecified atom stereocenters. The van der Waals surface area contributed by atoms with Crippen LogP contribution in [0.2, 0.25) is 5.02 Å². The lowest BCUT2D eigenvalue weighted by Crippen LogP contribution is -2.45. The van der Waals surface area contributed by atoms with Crippen molar-refractivity contribution < 1.29 is 13.2 Å². The third kappa shape index (κ3) is 7.34. The maximum absolute atomic E-state index is 13.3. The van der Waals surface area contributed by atoms with E-state index in [1.807, 2.05) is 30.3 Å². The van der Waals surface area contributed by atoms with E-state index < -0.39 is 10.0 Å². The van der Waals surface area contributed by atoms with E-state index in [1.54, 1.807) is 12.1 Å². The van der Waals surface area contributed by atoms with Gasteiger partial charge in [-0.15, -0.1) is 0 Å². The summed E-state index contributed by atoms with van der Waals surface area (Å²) >= 11 is 5.93. The second-order valence-electron chi connectivity index (χ2n) is 8.14. The first kappa shape index (κ1) is 23.8. The summed E-state index contributed by atoms with van der Waals surface area (Å²) in [6.07, 6.45) is 8.30. The van der Waals surface area contributed by atoms with E-state index in [1.165, 1.54) is 35.7 Å². The number of benzene rings is 2. The molecule has 0 aliphatic heterocycles. The molecule has 1 saturated carbocycles. The SMILES string of the molecule is O=C(CN(CCc1ccccc1)S(=O)(=O)c1ccc(Cl)cc1)NC1CCCCCCC1. The largest absolute Gasteiger partial charge is 0.352 e. The van der Waals surface area contributed by atoms with Crippen molar-refractivity contribution in [2.45, 2.75) is 62.3 Å². The number of nitrogens with one attached hydrogen (secondary N) is 1. The van der Waals surface area contributed by atoms with Crippen LogP contribution < -0.4 is 5.32 Å². The highest BCUT2D eigenvalue weighted by atomic mass is 35.5. The van der Waals surface area contributed by atoms with Gasteiger partial charge in [-0.1, -0.05) is 74.0 Å². The van der Waals surface area contributed by atoms with Gasteiger partial charge in [0, 0.05) is 17.6 Å². The Morgan fingerprint density at radius 3 is 2.19 bits per heavy atom. The van der Waals surface area contributed by atoms with Gasteiger partial charge in [-0.3, -0.25) is 4.79 Å². The van der Waals surface area contributed by atoms with Crippen molar-refractivity contribution in [3.05, 3.63) is 65.2 Å². The zero-order valence-electron chi connectivity index (χ0n) is 17.8. The minimum absolute atomic E-state index is 0.127. The molecule has 31 heavy (non-hydrogen) atoms. The molecule has 1 amide bonds. The van der Waals surface area contributed by atoms with E-state index in [4.69, 9.17) is 11.6 Å². The van der Waals surface area contributed by atoms with Crippen LogP contribution in [0, 0.1) is 0 Å². The lowest BCUT2D eigenvalue weighted by atomic mass is 9.97. The van der Waals surface area contributed by atoms with Crippen molar-refractivity contribution in [2.75, 3.05) is 13.1 Å². The van der Waals surface area contributed by atoms with Gasteiger partial charge in [-0.25, -0.2) is 8.42 Å². The lowest BCUT2D eigenvalue weighted by molar-refractivity contribution is -0.122. The van der Waals surface area contributed by atoms with Crippen LogP contribution in [0.15, 0.2) is 59.5 Å². The van der Waals surface area contributed by atoms with Gasteiger partial charge in [0.2, 0.25) is 15.9 Å². The molecule has 3 rings (SSSR count). The van der Waals surface area contributed by atoms with Crippen LogP contribution in [0.25, 0.3) is 0 Å². The van der Waals surface area contributed by atoms with Gasteiger partial charge in [0.25, 0.3) is 0 Å². The van der Waals surface area contributed by atoms with Gasteiger partial charge in [0.1, 0.15) is 0 Å². The molecule has 0 atom stereocenters. The van der Waals surface area contributed by atoms with Crippen molar-refractivity contribution in [1.29, 1.82) is 0 Å². The molecule has 0 saturated heterocycles. The van der Waals surface area contributed by atoms with Crippen LogP contribution in [0.1, 0.15) is 50.5 Å². The molecule has 0 heterocycles. The molecule has 7 heteroatoms. The van der Waals surface area contributed by atoms with Crippen molar-refractivity contribution in [2.24, 2.45) is 0 Å². The van der Waals surface area contributed by atoms with Crippen LogP contribution in [0.4, 0.5) is 0 Å². The molecule has 0 radical (unpaired) electrons. The van der Waals surface area contributed by atoms with E-state index in [-0.39, 0.29) is 29.9 Å². The summed E-state index contributed by atoms with van der Waals surface area (Å²) in [7, 11) is -3.82. The zero-order chi connectivity index (χ0) is 22.1. The van der Waals surface area contributed by atoms with Crippen molar-refractivity contribution in [3.63, 3.8) is 0 Å². The number of sulfonamides is 1. The second-order valence-corrected chi connectivity index (χ2v) is 10.5. The molecule has 1 fully saturated rings. The number of rotatable bonds is 8. The molecule has 5 nitrogen and oxygen atoms in total. The fraction of sp³-hybridized carbons (Fsp3) is 0.458. The highest BCUT2D eigenvalue weighted by Gasteiger charge is 2.27. The number of carbonyl (C=O) groups is 1. The Labute approximate surface area is 190 Å². The minimum Gasteiger partial charge on any atom is -0.352 e. The Hall–Kier alpha value is -1.89. The molecule has 0 spiro atoms. The summed E-state index contributed by atoms with van der Waals surface area (Å²) in [6.45, 7) is 0.0430. The standard InChI is InChI=1S/C24H31ClN2O3S/c25-21-13-15-23(16-14-21)31(29,30)27(18-17-20-9-5-4-6-10-20)19-24(28)26-22-11-7-2-1-3-8-12-22/h4-6,9-10,13-16,22H,1-3,7-8,11-12,17-19H2,(H,26,28). The summed E-state index contributed by atoms with van der Waals surface area (Å²) in [5.74, 6) is -0.240. The molecule has 168 valence electrons. The smallest absolute Gasteiger partial charge is 0.243 e. The van der Waals surface area contributed by atoms with E-state index in [2.05, 4.69) is 5.32 Å². The minimum atomic E-state index is -3.82. The highest BCUT2D eigenvalue weighted by Crippen LogP contribution is 2.20. The molecule has 0 aromatic heterocycles. The molecule has 0 bridgehead atoms. The summed E-state index contributed by atoms with van der Waals surface area (Å²) in [4.78, 5) is 13.0. The van der Waals surface area contributed by atoms with Crippen LogP contribution in [-0.4, -0.2) is 37.8 Å². The Bertz CT molecular complexity index is 925. The third-order valence-corrected chi connectivity index (χ3v) is 7.85.